The first-order valence-electron chi connectivity index (χ1n) is 2.65. The van der Waals surface area contributed by atoms with Crippen molar-refractivity contribution in [3.8, 4) is 0 Å². The molecule has 10 heavy (non-hydrogen) atoms. The third-order valence-corrected chi connectivity index (χ3v) is 1.52. The summed E-state index contributed by atoms with van der Waals surface area (Å²) in [6.45, 7) is 0. The Balaban J connectivity index is 3.21. The van der Waals surface area contributed by atoms with Gasteiger partial charge in [-0.2, -0.15) is 0 Å². The van der Waals surface area contributed by atoms with Gasteiger partial charge in [-0.15, -0.1) is 0 Å². The standard InChI is InChI=1S/C6H6BrN3/c7-6-1-4(2-8)5(9)3-10-6/h1-3,8H,9H2. The molecule has 4 heteroatoms. The van der Waals surface area contributed by atoms with Crippen LogP contribution in [0.3, 0.4) is 0 Å². The summed E-state index contributed by atoms with van der Waals surface area (Å²) < 4.78 is 0.695. The maximum absolute atomic E-state index is 6.93. The zero-order valence-electron chi connectivity index (χ0n) is 5.13. The predicted octanol–water partition coefficient (Wildman–Crippen LogP) is 1.42. The van der Waals surface area contributed by atoms with Crippen molar-refractivity contribution in [2.45, 2.75) is 0 Å². The van der Waals surface area contributed by atoms with Gasteiger partial charge in [-0.1, -0.05) is 0 Å². The highest BCUT2D eigenvalue weighted by atomic mass is 79.9. The van der Waals surface area contributed by atoms with E-state index in [0.717, 1.165) is 0 Å². The Bertz CT molecular complexity index is 259. The van der Waals surface area contributed by atoms with E-state index in [1.54, 1.807) is 6.07 Å². The molecule has 0 fully saturated rings. The lowest BCUT2D eigenvalue weighted by Crippen LogP contribution is -1.93. The number of aromatic nitrogens is 1. The lowest BCUT2D eigenvalue weighted by molar-refractivity contribution is 1.27. The van der Waals surface area contributed by atoms with Gasteiger partial charge >= 0.3 is 0 Å². The van der Waals surface area contributed by atoms with E-state index in [1.165, 1.54) is 12.4 Å². The molecule has 3 nitrogen and oxygen atoms in total. The molecule has 0 saturated carbocycles. The average molecular weight is 200 g/mol. The van der Waals surface area contributed by atoms with E-state index in [2.05, 4.69) is 20.9 Å². The van der Waals surface area contributed by atoms with Crippen LogP contribution in [0.25, 0.3) is 0 Å². The molecule has 1 heterocycles. The first-order chi connectivity index (χ1) is 4.74. The molecule has 1 aromatic rings. The number of anilines is 1. The summed E-state index contributed by atoms with van der Waals surface area (Å²) in [6, 6.07) is 1.70. The van der Waals surface area contributed by atoms with Crippen LogP contribution >= 0.6 is 15.9 Å². The van der Waals surface area contributed by atoms with E-state index in [4.69, 9.17) is 11.1 Å². The second-order valence-corrected chi connectivity index (χ2v) is 2.59. The number of nitrogens with zero attached hydrogens (tertiary/aromatic N) is 1. The van der Waals surface area contributed by atoms with Crippen molar-refractivity contribution in [3.63, 3.8) is 0 Å². The van der Waals surface area contributed by atoms with Crippen molar-refractivity contribution < 1.29 is 0 Å². The first kappa shape index (κ1) is 7.21. The average Bonchev–Trinajstić information content (AvgIpc) is 1.94. The summed E-state index contributed by atoms with van der Waals surface area (Å²) in [6.07, 6.45) is 2.71. The Labute approximate surface area is 66.9 Å². The lowest BCUT2D eigenvalue weighted by atomic mass is 10.2. The SMILES string of the molecule is N=Cc1cc(Br)ncc1N. The number of rotatable bonds is 1. The van der Waals surface area contributed by atoms with E-state index >= 15 is 0 Å². The summed E-state index contributed by atoms with van der Waals surface area (Å²) in [4.78, 5) is 3.88. The van der Waals surface area contributed by atoms with E-state index in [1.807, 2.05) is 0 Å². The quantitative estimate of drug-likeness (QED) is 0.531. The molecule has 0 aliphatic carbocycles. The van der Waals surface area contributed by atoms with Crippen molar-refractivity contribution in [3.05, 3.63) is 22.4 Å². The Morgan fingerprint density at radius 2 is 2.40 bits per heavy atom. The molecule has 0 spiro atoms. The van der Waals surface area contributed by atoms with Crippen LogP contribution in [-0.4, -0.2) is 11.2 Å². The van der Waals surface area contributed by atoms with E-state index < -0.39 is 0 Å². The highest BCUT2D eigenvalue weighted by molar-refractivity contribution is 9.10. The molecule has 0 bridgehead atoms. The predicted molar refractivity (Wildman–Crippen MR) is 44.2 cm³/mol. The molecule has 0 aliphatic rings. The number of nitrogens with two attached hydrogens (primary N) is 1. The number of nitrogen functional groups attached to an aromatic ring is 1. The second-order valence-electron chi connectivity index (χ2n) is 1.78. The molecule has 0 amide bonds. The Morgan fingerprint density at radius 3 is 2.90 bits per heavy atom. The van der Waals surface area contributed by atoms with Crippen molar-refractivity contribution in [1.82, 2.24) is 4.98 Å². The van der Waals surface area contributed by atoms with Gasteiger partial charge in [0.05, 0.1) is 11.9 Å². The number of nitrogens with one attached hydrogen (secondary N) is 1. The maximum Gasteiger partial charge on any atom is 0.106 e. The van der Waals surface area contributed by atoms with Gasteiger partial charge in [0.2, 0.25) is 0 Å². The Kier molecular flexibility index (Phi) is 2.01. The van der Waals surface area contributed by atoms with Gasteiger partial charge in [-0.05, 0) is 22.0 Å². The van der Waals surface area contributed by atoms with Gasteiger partial charge in [0.15, 0.2) is 0 Å². The number of halogens is 1. The third kappa shape index (κ3) is 1.33. The van der Waals surface area contributed by atoms with Gasteiger partial charge in [-0.3, -0.25) is 0 Å². The minimum atomic E-state index is 0.526. The first-order valence-corrected chi connectivity index (χ1v) is 3.45. The van der Waals surface area contributed by atoms with Crippen LogP contribution in [-0.2, 0) is 0 Å². The van der Waals surface area contributed by atoms with E-state index in [-0.39, 0.29) is 0 Å². The minimum absolute atomic E-state index is 0.526. The van der Waals surface area contributed by atoms with E-state index in [0.29, 0.717) is 15.9 Å². The van der Waals surface area contributed by atoms with Crippen LogP contribution in [0.4, 0.5) is 5.69 Å². The van der Waals surface area contributed by atoms with Gasteiger partial charge in [0.1, 0.15) is 4.60 Å². The largest absolute Gasteiger partial charge is 0.397 e. The van der Waals surface area contributed by atoms with Crippen molar-refractivity contribution in [2.24, 2.45) is 0 Å². The van der Waals surface area contributed by atoms with Crippen molar-refractivity contribution in [2.75, 3.05) is 5.73 Å². The van der Waals surface area contributed by atoms with Crippen LogP contribution in [0.15, 0.2) is 16.9 Å². The molecule has 1 rings (SSSR count). The third-order valence-electron chi connectivity index (χ3n) is 1.09. The smallest absolute Gasteiger partial charge is 0.106 e. The van der Waals surface area contributed by atoms with E-state index in [9.17, 15) is 0 Å². The molecule has 1 aromatic heterocycles. The van der Waals surface area contributed by atoms with Crippen LogP contribution < -0.4 is 5.73 Å². The summed E-state index contributed by atoms with van der Waals surface area (Å²) >= 11 is 3.17. The fraction of sp³-hybridized carbons (Fsp3) is 0. The number of hydrogen-bond donors (Lipinski definition) is 2. The summed E-state index contributed by atoms with van der Waals surface area (Å²) in [5.74, 6) is 0. The highest BCUT2D eigenvalue weighted by Crippen LogP contribution is 2.12. The fourth-order valence-electron chi connectivity index (χ4n) is 0.580. The molecular formula is C6H6BrN3. The van der Waals surface area contributed by atoms with Crippen LogP contribution in [0, 0.1) is 5.41 Å². The number of pyridine rings is 1. The van der Waals surface area contributed by atoms with Crippen molar-refractivity contribution >= 4 is 27.8 Å². The molecule has 0 radical (unpaired) electrons. The monoisotopic (exact) mass is 199 g/mol. The summed E-state index contributed by atoms with van der Waals surface area (Å²) in [5, 5.41) is 6.93. The van der Waals surface area contributed by atoms with Crippen LogP contribution in [0.5, 0.6) is 0 Å². The summed E-state index contributed by atoms with van der Waals surface area (Å²) in [7, 11) is 0. The summed E-state index contributed by atoms with van der Waals surface area (Å²) in [5.41, 5.74) is 6.67. The molecule has 0 aromatic carbocycles. The second kappa shape index (κ2) is 2.79. The highest BCUT2D eigenvalue weighted by Gasteiger charge is 1.95. The normalized spacial score (nSPS) is 9.30. The molecule has 0 unspecified atom stereocenters. The van der Waals surface area contributed by atoms with Crippen LogP contribution in [0.1, 0.15) is 5.56 Å². The van der Waals surface area contributed by atoms with Crippen LogP contribution in [0.2, 0.25) is 0 Å². The fourth-order valence-corrected chi connectivity index (χ4v) is 0.929. The lowest BCUT2D eigenvalue weighted by Gasteiger charge is -1.96. The van der Waals surface area contributed by atoms with Gasteiger partial charge in [0, 0.05) is 11.8 Å². The van der Waals surface area contributed by atoms with Gasteiger partial charge in [-0.25, -0.2) is 4.98 Å². The van der Waals surface area contributed by atoms with Crippen molar-refractivity contribution in [1.29, 1.82) is 5.41 Å². The Hall–Kier alpha value is -0.900. The maximum atomic E-state index is 6.93. The molecule has 0 saturated heterocycles. The minimum Gasteiger partial charge on any atom is -0.397 e. The molecular weight excluding hydrogens is 194 g/mol. The Morgan fingerprint density at radius 1 is 1.70 bits per heavy atom. The molecule has 3 N–H and O–H groups in total. The van der Waals surface area contributed by atoms with Gasteiger partial charge < -0.3 is 11.1 Å². The zero-order valence-corrected chi connectivity index (χ0v) is 6.72. The number of hydrogen-bond acceptors (Lipinski definition) is 3. The molecule has 0 aliphatic heterocycles. The van der Waals surface area contributed by atoms with Gasteiger partial charge in [0.25, 0.3) is 0 Å². The molecule has 52 valence electrons. The zero-order chi connectivity index (χ0) is 7.56. The topological polar surface area (TPSA) is 62.8 Å². The molecule has 0 atom stereocenters.